The third-order valence-corrected chi connectivity index (χ3v) is 2.85. The van der Waals surface area contributed by atoms with E-state index in [-0.39, 0.29) is 19.1 Å². The molecule has 1 aromatic carbocycles. The maximum absolute atomic E-state index is 13.8. The van der Waals surface area contributed by atoms with Crippen molar-refractivity contribution < 1.29 is 23.7 Å². The molecule has 1 heterocycles. The van der Waals surface area contributed by atoms with E-state index in [0.717, 1.165) is 0 Å². The van der Waals surface area contributed by atoms with E-state index in [1.165, 1.54) is 13.2 Å². The summed E-state index contributed by atoms with van der Waals surface area (Å²) < 4.78 is 29.4. The van der Waals surface area contributed by atoms with Crippen molar-refractivity contribution in [1.82, 2.24) is 0 Å². The SMILES string of the molecule is COc1c(F)cc2c(c1C(C)(C)CO)OCO2. The summed E-state index contributed by atoms with van der Waals surface area (Å²) in [6.07, 6.45) is 0. The van der Waals surface area contributed by atoms with Gasteiger partial charge in [-0.15, -0.1) is 0 Å². The van der Waals surface area contributed by atoms with Gasteiger partial charge in [0.1, 0.15) is 0 Å². The lowest BCUT2D eigenvalue weighted by molar-refractivity contribution is 0.168. The Morgan fingerprint density at radius 1 is 1.47 bits per heavy atom. The van der Waals surface area contributed by atoms with Gasteiger partial charge < -0.3 is 19.3 Å². The highest BCUT2D eigenvalue weighted by Crippen LogP contribution is 2.47. The molecule has 0 spiro atoms. The van der Waals surface area contributed by atoms with Gasteiger partial charge in [0.15, 0.2) is 23.1 Å². The summed E-state index contributed by atoms with van der Waals surface area (Å²) in [6, 6.07) is 1.23. The van der Waals surface area contributed by atoms with Crippen molar-refractivity contribution >= 4 is 0 Å². The summed E-state index contributed by atoms with van der Waals surface area (Å²) in [5.41, 5.74) is -0.180. The van der Waals surface area contributed by atoms with Gasteiger partial charge in [-0.1, -0.05) is 13.8 Å². The lowest BCUT2D eigenvalue weighted by atomic mass is 9.84. The summed E-state index contributed by atoms with van der Waals surface area (Å²) in [4.78, 5) is 0. The molecule has 2 rings (SSSR count). The number of rotatable bonds is 3. The number of aliphatic hydroxyl groups is 1. The van der Waals surface area contributed by atoms with E-state index in [0.29, 0.717) is 17.1 Å². The van der Waals surface area contributed by atoms with Gasteiger partial charge in [0, 0.05) is 11.5 Å². The fourth-order valence-corrected chi connectivity index (χ4v) is 1.89. The zero-order chi connectivity index (χ0) is 12.6. The molecule has 0 saturated heterocycles. The van der Waals surface area contributed by atoms with Crippen LogP contribution in [0, 0.1) is 5.82 Å². The van der Waals surface area contributed by atoms with Crippen LogP contribution in [0.1, 0.15) is 19.4 Å². The molecule has 0 unspecified atom stereocenters. The molecule has 1 aliphatic rings. The van der Waals surface area contributed by atoms with Crippen LogP contribution in [0.25, 0.3) is 0 Å². The first-order valence-electron chi connectivity index (χ1n) is 5.28. The molecule has 0 amide bonds. The standard InChI is InChI=1S/C12H15FO4/c1-12(2,5-14)9-10(15-3)7(13)4-8-11(9)17-6-16-8/h4,14H,5-6H2,1-3H3. The van der Waals surface area contributed by atoms with Gasteiger partial charge in [0.2, 0.25) is 6.79 Å². The van der Waals surface area contributed by atoms with Gasteiger partial charge in [-0.3, -0.25) is 0 Å². The van der Waals surface area contributed by atoms with E-state index < -0.39 is 11.2 Å². The van der Waals surface area contributed by atoms with E-state index in [2.05, 4.69) is 0 Å². The van der Waals surface area contributed by atoms with Gasteiger partial charge >= 0.3 is 0 Å². The molecule has 0 aromatic heterocycles. The van der Waals surface area contributed by atoms with Gasteiger partial charge in [-0.25, -0.2) is 4.39 Å². The lowest BCUT2D eigenvalue weighted by Crippen LogP contribution is -2.24. The van der Waals surface area contributed by atoms with Gasteiger partial charge in [-0.2, -0.15) is 0 Å². The van der Waals surface area contributed by atoms with Crippen LogP contribution in [0.2, 0.25) is 0 Å². The van der Waals surface area contributed by atoms with Crippen molar-refractivity contribution in [3.05, 3.63) is 17.4 Å². The third kappa shape index (κ3) is 1.80. The highest BCUT2D eigenvalue weighted by molar-refractivity contribution is 5.58. The van der Waals surface area contributed by atoms with Crippen LogP contribution in [0.4, 0.5) is 4.39 Å². The zero-order valence-electron chi connectivity index (χ0n) is 10.0. The molecule has 4 nitrogen and oxygen atoms in total. The highest BCUT2D eigenvalue weighted by Gasteiger charge is 2.34. The average molecular weight is 242 g/mol. The Balaban J connectivity index is 2.70. The predicted molar refractivity (Wildman–Crippen MR) is 59.2 cm³/mol. The molecule has 1 aromatic rings. The summed E-state index contributed by atoms with van der Waals surface area (Å²) in [6.45, 7) is 3.47. The van der Waals surface area contributed by atoms with Crippen LogP contribution >= 0.6 is 0 Å². The second kappa shape index (κ2) is 4.07. The van der Waals surface area contributed by atoms with Crippen molar-refractivity contribution in [2.45, 2.75) is 19.3 Å². The Hall–Kier alpha value is -1.49. The zero-order valence-corrected chi connectivity index (χ0v) is 10.0. The first-order chi connectivity index (χ1) is 8.01. The number of ether oxygens (including phenoxy) is 3. The Kier molecular flexibility index (Phi) is 2.87. The molecule has 0 bridgehead atoms. The largest absolute Gasteiger partial charge is 0.493 e. The number of benzene rings is 1. The molecular formula is C12H15FO4. The minimum atomic E-state index is -0.675. The van der Waals surface area contributed by atoms with E-state index >= 15 is 0 Å². The Morgan fingerprint density at radius 2 is 2.18 bits per heavy atom. The Morgan fingerprint density at radius 3 is 2.76 bits per heavy atom. The summed E-state index contributed by atoms with van der Waals surface area (Å²) in [5.74, 6) is 0.365. The maximum atomic E-state index is 13.8. The minimum absolute atomic E-state index is 0.0520. The van der Waals surface area contributed by atoms with E-state index in [1.54, 1.807) is 13.8 Å². The van der Waals surface area contributed by atoms with Crippen LogP contribution in [0.3, 0.4) is 0 Å². The fourth-order valence-electron chi connectivity index (χ4n) is 1.89. The van der Waals surface area contributed by atoms with Crippen molar-refractivity contribution in [1.29, 1.82) is 0 Å². The molecule has 1 aliphatic heterocycles. The highest BCUT2D eigenvalue weighted by atomic mass is 19.1. The molecule has 5 heteroatoms. The van der Waals surface area contributed by atoms with Crippen LogP contribution in [0.5, 0.6) is 17.2 Å². The van der Waals surface area contributed by atoms with E-state index in [4.69, 9.17) is 14.2 Å². The monoisotopic (exact) mass is 242 g/mol. The topological polar surface area (TPSA) is 47.9 Å². The summed E-state index contributed by atoms with van der Waals surface area (Å²) in [7, 11) is 1.39. The number of halogens is 1. The van der Waals surface area contributed by atoms with Crippen molar-refractivity contribution in [2.24, 2.45) is 0 Å². The molecule has 0 atom stereocenters. The minimum Gasteiger partial charge on any atom is -0.493 e. The number of hydrogen-bond donors (Lipinski definition) is 1. The van der Waals surface area contributed by atoms with Crippen LogP contribution < -0.4 is 14.2 Å². The van der Waals surface area contributed by atoms with Crippen molar-refractivity contribution in [3.63, 3.8) is 0 Å². The number of hydrogen-bond acceptors (Lipinski definition) is 4. The molecule has 94 valence electrons. The summed E-state index contributed by atoms with van der Waals surface area (Å²) >= 11 is 0. The van der Waals surface area contributed by atoms with Crippen LogP contribution in [-0.4, -0.2) is 25.6 Å². The summed E-state index contributed by atoms with van der Waals surface area (Å²) in [5, 5.41) is 9.42. The van der Waals surface area contributed by atoms with Gasteiger partial charge in [0.05, 0.1) is 19.3 Å². The smallest absolute Gasteiger partial charge is 0.231 e. The third-order valence-electron chi connectivity index (χ3n) is 2.85. The molecule has 0 saturated carbocycles. The van der Waals surface area contributed by atoms with Crippen molar-refractivity contribution in [3.8, 4) is 17.2 Å². The fraction of sp³-hybridized carbons (Fsp3) is 0.500. The predicted octanol–water partition coefficient (Wildman–Crippen LogP) is 1.83. The first kappa shape index (κ1) is 12.0. The second-order valence-corrected chi connectivity index (χ2v) is 4.54. The molecule has 0 fully saturated rings. The molecule has 0 aliphatic carbocycles. The molecular weight excluding hydrogens is 227 g/mol. The van der Waals surface area contributed by atoms with Gasteiger partial charge in [-0.05, 0) is 0 Å². The Bertz CT molecular complexity index is 439. The molecule has 17 heavy (non-hydrogen) atoms. The van der Waals surface area contributed by atoms with Crippen LogP contribution in [-0.2, 0) is 5.41 Å². The van der Waals surface area contributed by atoms with Gasteiger partial charge in [0.25, 0.3) is 0 Å². The average Bonchev–Trinajstić information content (AvgIpc) is 2.74. The second-order valence-electron chi connectivity index (χ2n) is 4.54. The number of fused-ring (bicyclic) bond motifs is 1. The lowest BCUT2D eigenvalue weighted by Gasteiger charge is -2.26. The van der Waals surface area contributed by atoms with Crippen molar-refractivity contribution in [2.75, 3.05) is 20.5 Å². The molecule has 1 N–H and O–H groups in total. The number of methoxy groups -OCH3 is 1. The van der Waals surface area contributed by atoms with E-state index in [9.17, 15) is 9.50 Å². The Labute approximate surface area is 98.9 Å². The van der Waals surface area contributed by atoms with Crippen LogP contribution in [0.15, 0.2) is 6.07 Å². The quantitative estimate of drug-likeness (QED) is 0.878. The number of aliphatic hydroxyl groups excluding tert-OH is 1. The molecule has 0 radical (unpaired) electrons. The first-order valence-corrected chi connectivity index (χ1v) is 5.28. The maximum Gasteiger partial charge on any atom is 0.231 e. The van der Waals surface area contributed by atoms with E-state index in [1.807, 2.05) is 0 Å². The normalized spacial score (nSPS) is 13.9.